The fourth-order valence-electron chi connectivity index (χ4n) is 2.40. The van der Waals surface area contributed by atoms with Crippen LogP contribution in [0, 0.1) is 0 Å². The van der Waals surface area contributed by atoms with Gasteiger partial charge in [-0.3, -0.25) is 9.59 Å². The highest BCUT2D eigenvalue weighted by atomic mass is 35.5. The van der Waals surface area contributed by atoms with Crippen LogP contribution in [0.3, 0.4) is 0 Å². The van der Waals surface area contributed by atoms with Crippen molar-refractivity contribution < 1.29 is 4.79 Å². The Hall–Kier alpha value is -2.33. The van der Waals surface area contributed by atoms with Crippen molar-refractivity contribution >= 4 is 23.6 Å². The van der Waals surface area contributed by atoms with Crippen molar-refractivity contribution in [2.75, 3.05) is 6.54 Å². The molecule has 1 heterocycles. The first kappa shape index (κ1) is 15.6. The first-order valence-corrected chi connectivity index (χ1v) is 7.94. The number of hydrogen-bond donors (Lipinski definition) is 1. The van der Waals surface area contributed by atoms with E-state index < -0.39 is 0 Å². The second-order valence-electron chi connectivity index (χ2n) is 5.57. The van der Waals surface area contributed by atoms with Crippen molar-refractivity contribution in [3.63, 3.8) is 0 Å². The van der Waals surface area contributed by atoms with Crippen LogP contribution in [0.15, 0.2) is 53.5 Å². The van der Waals surface area contributed by atoms with Gasteiger partial charge in [0, 0.05) is 18.8 Å². The molecule has 0 radical (unpaired) electrons. The molecule has 1 saturated carbocycles. The average Bonchev–Trinajstić information content (AvgIpc) is 3.39. The molecule has 1 aromatic heterocycles. The van der Waals surface area contributed by atoms with E-state index >= 15 is 0 Å². The minimum Gasteiger partial charge on any atom is -0.332 e. The molecule has 23 heavy (non-hydrogen) atoms. The van der Waals surface area contributed by atoms with Crippen LogP contribution < -0.4 is 5.56 Å². The minimum absolute atomic E-state index is 0.0337. The summed E-state index contributed by atoms with van der Waals surface area (Å²) in [5, 5.41) is 0.0337. The Bertz CT molecular complexity index is 779. The number of hydrogen-bond acceptors (Lipinski definition) is 2. The molecule has 0 bridgehead atoms. The molecule has 1 aliphatic carbocycles. The van der Waals surface area contributed by atoms with Gasteiger partial charge < -0.3 is 9.88 Å². The maximum absolute atomic E-state index is 12.6. The molecule has 1 N–H and O–H groups in total. The van der Waals surface area contributed by atoms with Crippen LogP contribution in [0.25, 0.3) is 6.08 Å². The standard InChI is InChI=1S/C18H17ClN2O2/c19-16-11-14(12-20-17(16)22)18(23)21(15-8-9-15)10-4-7-13-5-2-1-3-6-13/h1-7,11-12,15H,8-10H2,(H,20,22)/b7-4+. The second kappa shape index (κ2) is 6.84. The van der Waals surface area contributed by atoms with Gasteiger partial charge in [-0.05, 0) is 24.5 Å². The quantitative estimate of drug-likeness (QED) is 0.915. The van der Waals surface area contributed by atoms with E-state index in [1.165, 1.54) is 12.3 Å². The molecule has 5 heteroatoms. The number of nitrogens with one attached hydrogen (secondary N) is 1. The van der Waals surface area contributed by atoms with Crippen molar-refractivity contribution in [2.24, 2.45) is 0 Å². The van der Waals surface area contributed by atoms with E-state index in [2.05, 4.69) is 4.98 Å². The van der Waals surface area contributed by atoms with Crippen LogP contribution in [0.5, 0.6) is 0 Å². The van der Waals surface area contributed by atoms with Gasteiger partial charge >= 0.3 is 0 Å². The Morgan fingerprint density at radius 3 is 2.70 bits per heavy atom. The van der Waals surface area contributed by atoms with Gasteiger partial charge in [-0.2, -0.15) is 0 Å². The van der Waals surface area contributed by atoms with E-state index in [0.29, 0.717) is 12.1 Å². The third kappa shape index (κ3) is 3.90. The number of pyridine rings is 1. The molecule has 3 rings (SSSR count). The maximum atomic E-state index is 12.6. The molecule has 1 amide bonds. The number of aromatic nitrogens is 1. The third-order valence-corrected chi connectivity index (χ3v) is 4.05. The summed E-state index contributed by atoms with van der Waals surface area (Å²) in [4.78, 5) is 28.3. The van der Waals surface area contributed by atoms with Gasteiger partial charge in [0.15, 0.2) is 0 Å². The van der Waals surface area contributed by atoms with Gasteiger partial charge in [0.2, 0.25) is 0 Å². The first-order valence-electron chi connectivity index (χ1n) is 7.56. The zero-order chi connectivity index (χ0) is 16.2. The normalized spacial score (nSPS) is 14.1. The lowest BCUT2D eigenvalue weighted by molar-refractivity contribution is 0.0762. The molecule has 0 aliphatic heterocycles. The van der Waals surface area contributed by atoms with Crippen LogP contribution in [-0.2, 0) is 0 Å². The predicted molar refractivity (Wildman–Crippen MR) is 91.6 cm³/mol. The molecule has 1 fully saturated rings. The molecular formula is C18H17ClN2O2. The third-order valence-electron chi connectivity index (χ3n) is 3.77. The van der Waals surface area contributed by atoms with Gasteiger partial charge in [-0.1, -0.05) is 54.1 Å². The summed E-state index contributed by atoms with van der Waals surface area (Å²) in [5.74, 6) is -0.108. The molecule has 0 saturated heterocycles. The van der Waals surface area contributed by atoms with Gasteiger partial charge in [-0.15, -0.1) is 0 Å². The molecule has 1 aliphatic rings. The van der Waals surface area contributed by atoms with E-state index in [-0.39, 0.29) is 22.5 Å². The van der Waals surface area contributed by atoms with Crippen LogP contribution in [0.1, 0.15) is 28.8 Å². The lowest BCUT2D eigenvalue weighted by Gasteiger charge is -2.20. The first-order chi connectivity index (χ1) is 11.1. The summed E-state index contributed by atoms with van der Waals surface area (Å²) < 4.78 is 0. The predicted octanol–water partition coefficient (Wildman–Crippen LogP) is 3.35. The van der Waals surface area contributed by atoms with Crippen LogP contribution in [0.4, 0.5) is 0 Å². The monoisotopic (exact) mass is 328 g/mol. The molecular weight excluding hydrogens is 312 g/mol. The van der Waals surface area contributed by atoms with E-state index in [1.54, 1.807) is 0 Å². The minimum atomic E-state index is -0.384. The number of amides is 1. The molecule has 2 aromatic rings. The Morgan fingerprint density at radius 1 is 1.30 bits per heavy atom. The SMILES string of the molecule is O=C(c1c[nH]c(=O)c(Cl)c1)N(C/C=C/c1ccccc1)C1CC1. The van der Waals surface area contributed by atoms with Crippen molar-refractivity contribution in [3.8, 4) is 0 Å². The lowest BCUT2D eigenvalue weighted by atomic mass is 10.2. The molecule has 0 atom stereocenters. The fourth-order valence-corrected chi connectivity index (χ4v) is 2.57. The smallest absolute Gasteiger partial charge is 0.266 e. The topological polar surface area (TPSA) is 53.2 Å². The largest absolute Gasteiger partial charge is 0.332 e. The summed E-state index contributed by atoms with van der Waals surface area (Å²) in [6, 6.07) is 11.7. The highest BCUT2D eigenvalue weighted by Crippen LogP contribution is 2.28. The Kier molecular flexibility index (Phi) is 4.63. The van der Waals surface area contributed by atoms with Crippen molar-refractivity contribution in [1.82, 2.24) is 9.88 Å². The Labute approximate surface area is 139 Å². The molecule has 0 spiro atoms. The van der Waals surface area contributed by atoms with E-state index in [1.807, 2.05) is 47.4 Å². The van der Waals surface area contributed by atoms with Gasteiger partial charge in [0.25, 0.3) is 11.5 Å². The molecule has 1 aromatic carbocycles. The van der Waals surface area contributed by atoms with Crippen molar-refractivity contribution in [1.29, 1.82) is 0 Å². The molecule has 0 unspecified atom stereocenters. The molecule has 118 valence electrons. The van der Waals surface area contributed by atoms with Crippen LogP contribution in [-0.4, -0.2) is 28.4 Å². The number of H-pyrrole nitrogens is 1. The van der Waals surface area contributed by atoms with Crippen LogP contribution >= 0.6 is 11.6 Å². The van der Waals surface area contributed by atoms with E-state index in [4.69, 9.17) is 11.6 Å². The fraction of sp³-hybridized carbons (Fsp3) is 0.222. The summed E-state index contributed by atoms with van der Waals surface area (Å²) >= 11 is 5.81. The van der Waals surface area contributed by atoms with Crippen molar-refractivity contribution in [2.45, 2.75) is 18.9 Å². The van der Waals surface area contributed by atoms with Gasteiger partial charge in [0.05, 0.1) is 5.56 Å². The Morgan fingerprint density at radius 2 is 2.04 bits per heavy atom. The zero-order valence-corrected chi connectivity index (χ0v) is 13.3. The highest BCUT2D eigenvalue weighted by Gasteiger charge is 2.32. The number of aromatic amines is 1. The Balaban J connectivity index is 1.73. The number of carbonyl (C=O) groups is 1. The van der Waals surface area contributed by atoms with Crippen LogP contribution in [0.2, 0.25) is 5.02 Å². The lowest BCUT2D eigenvalue weighted by Crippen LogP contribution is -2.33. The summed E-state index contributed by atoms with van der Waals surface area (Å²) in [6.45, 7) is 0.537. The highest BCUT2D eigenvalue weighted by molar-refractivity contribution is 6.30. The second-order valence-corrected chi connectivity index (χ2v) is 5.97. The number of halogens is 1. The summed E-state index contributed by atoms with van der Waals surface area (Å²) in [7, 11) is 0. The summed E-state index contributed by atoms with van der Waals surface area (Å²) in [6.07, 6.45) is 7.44. The van der Waals surface area contributed by atoms with Gasteiger partial charge in [-0.25, -0.2) is 0 Å². The van der Waals surface area contributed by atoms with Gasteiger partial charge in [0.1, 0.15) is 5.02 Å². The number of rotatable bonds is 5. The summed E-state index contributed by atoms with van der Waals surface area (Å²) in [5.41, 5.74) is 1.13. The maximum Gasteiger partial charge on any atom is 0.266 e. The van der Waals surface area contributed by atoms with Crippen molar-refractivity contribution in [3.05, 3.63) is 75.2 Å². The van der Waals surface area contributed by atoms with E-state index in [0.717, 1.165) is 18.4 Å². The number of benzene rings is 1. The number of carbonyl (C=O) groups excluding carboxylic acids is 1. The zero-order valence-electron chi connectivity index (χ0n) is 12.5. The van der Waals surface area contributed by atoms with E-state index in [9.17, 15) is 9.59 Å². The molecule has 4 nitrogen and oxygen atoms in total. The average molecular weight is 329 g/mol. The number of nitrogens with zero attached hydrogens (tertiary/aromatic N) is 1.